The van der Waals surface area contributed by atoms with Crippen LogP contribution in [0.5, 0.6) is 0 Å². The molecule has 0 aliphatic heterocycles. The van der Waals surface area contributed by atoms with Crippen LogP contribution in [0, 0.1) is 5.82 Å². The monoisotopic (exact) mass is 361 g/mol. The molecule has 134 valence electrons. The highest BCUT2D eigenvalue weighted by atomic mass is 19.1. The van der Waals surface area contributed by atoms with Gasteiger partial charge in [0.05, 0.1) is 11.9 Å². The third-order valence-corrected chi connectivity index (χ3v) is 4.83. The molecule has 0 amide bonds. The first-order valence-corrected chi connectivity index (χ1v) is 8.74. The molecule has 0 unspecified atom stereocenters. The van der Waals surface area contributed by atoms with Crippen LogP contribution in [0.1, 0.15) is 17.9 Å². The number of halogens is 1. The Morgan fingerprint density at radius 2 is 2.00 bits per heavy atom. The summed E-state index contributed by atoms with van der Waals surface area (Å²) >= 11 is 0. The number of fused-ring (bicyclic) bond motifs is 1. The van der Waals surface area contributed by atoms with Crippen molar-refractivity contribution in [3.63, 3.8) is 0 Å². The second-order valence-electron chi connectivity index (χ2n) is 6.69. The zero-order valence-electron chi connectivity index (χ0n) is 14.3. The molecule has 0 spiro atoms. The molecule has 4 aromatic rings. The van der Waals surface area contributed by atoms with Crippen LogP contribution in [0.2, 0.25) is 0 Å². The van der Waals surface area contributed by atoms with Crippen LogP contribution in [0.25, 0.3) is 16.7 Å². The van der Waals surface area contributed by atoms with Crippen LogP contribution in [0.4, 0.5) is 10.3 Å². The maximum Gasteiger partial charge on any atom is 0.263 e. The molecule has 1 saturated carbocycles. The third kappa shape index (κ3) is 2.87. The van der Waals surface area contributed by atoms with Crippen molar-refractivity contribution in [2.24, 2.45) is 0 Å². The van der Waals surface area contributed by atoms with Crippen LogP contribution in [0.3, 0.4) is 0 Å². The normalized spacial score (nSPS) is 18.6. The molecule has 2 heterocycles. The molecule has 1 fully saturated rings. The van der Waals surface area contributed by atoms with E-state index < -0.39 is 0 Å². The number of hydrogen-bond acceptors (Lipinski definition) is 4. The van der Waals surface area contributed by atoms with E-state index in [9.17, 15) is 9.18 Å². The van der Waals surface area contributed by atoms with Gasteiger partial charge in [0.1, 0.15) is 11.2 Å². The van der Waals surface area contributed by atoms with Gasteiger partial charge in [-0.2, -0.15) is 10.1 Å². The van der Waals surface area contributed by atoms with Gasteiger partial charge in [-0.3, -0.25) is 9.78 Å². The lowest BCUT2D eigenvalue weighted by Gasteiger charge is -2.07. The minimum Gasteiger partial charge on any atom is -0.352 e. The summed E-state index contributed by atoms with van der Waals surface area (Å²) < 4.78 is 15.1. The van der Waals surface area contributed by atoms with E-state index in [1.165, 1.54) is 12.3 Å². The van der Waals surface area contributed by atoms with Crippen LogP contribution in [-0.2, 0) is 0 Å². The first kappa shape index (κ1) is 15.7. The maximum absolute atomic E-state index is 13.4. The molecule has 7 heteroatoms. The minimum absolute atomic E-state index is 0.112. The fraction of sp³-hybridized carbons (Fsp3) is 0.150. The van der Waals surface area contributed by atoms with Crippen molar-refractivity contribution < 1.29 is 4.39 Å². The number of H-pyrrole nitrogens is 1. The lowest BCUT2D eigenvalue weighted by Crippen LogP contribution is -2.15. The highest BCUT2D eigenvalue weighted by Gasteiger charge is 2.39. The number of hydrogen-bond donors (Lipinski definition) is 2. The number of para-hydroxylation sites is 1. The highest BCUT2D eigenvalue weighted by molar-refractivity contribution is 5.76. The summed E-state index contributed by atoms with van der Waals surface area (Å²) in [6.07, 6.45) is 2.38. The van der Waals surface area contributed by atoms with Crippen molar-refractivity contribution in [3.8, 4) is 5.69 Å². The number of nitrogens with zero attached hydrogens (tertiary/aromatic N) is 3. The number of rotatable bonds is 4. The van der Waals surface area contributed by atoms with Gasteiger partial charge in [0.25, 0.3) is 5.56 Å². The molecule has 6 nitrogen and oxygen atoms in total. The Labute approximate surface area is 153 Å². The first-order valence-electron chi connectivity index (χ1n) is 8.74. The van der Waals surface area contributed by atoms with Crippen molar-refractivity contribution in [3.05, 3.63) is 82.5 Å². The van der Waals surface area contributed by atoms with Crippen molar-refractivity contribution in [1.29, 1.82) is 0 Å². The van der Waals surface area contributed by atoms with E-state index >= 15 is 0 Å². The Balaban J connectivity index is 1.46. The van der Waals surface area contributed by atoms with E-state index in [0.29, 0.717) is 17.0 Å². The minimum atomic E-state index is -0.243. The molecular weight excluding hydrogens is 345 g/mol. The van der Waals surface area contributed by atoms with E-state index in [1.54, 1.807) is 16.8 Å². The number of anilines is 1. The molecular formula is C20H16FN5O. The largest absolute Gasteiger partial charge is 0.352 e. The van der Waals surface area contributed by atoms with Crippen LogP contribution < -0.4 is 10.9 Å². The Kier molecular flexibility index (Phi) is 3.53. The molecule has 5 rings (SSSR count). The van der Waals surface area contributed by atoms with Gasteiger partial charge in [-0.25, -0.2) is 9.07 Å². The summed E-state index contributed by atoms with van der Waals surface area (Å²) in [6.45, 7) is 0. The Morgan fingerprint density at radius 3 is 2.81 bits per heavy atom. The summed E-state index contributed by atoms with van der Waals surface area (Å²) in [5, 5.41) is 7.99. The van der Waals surface area contributed by atoms with Gasteiger partial charge in [0, 0.05) is 12.0 Å². The van der Waals surface area contributed by atoms with Gasteiger partial charge in [-0.1, -0.05) is 30.3 Å². The average Bonchev–Trinajstić information content (AvgIpc) is 3.30. The number of benzene rings is 2. The van der Waals surface area contributed by atoms with Crippen LogP contribution >= 0.6 is 0 Å². The number of nitrogens with one attached hydrogen (secondary N) is 2. The second kappa shape index (κ2) is 6.05. The topological polar surface area (TPSA) is 75.6 Å². The Morgan fingerprint density at radius 1 is 1.15 bits per heavy atom. The summed E-state index contributed by atoms with van der Waals surface area (Å²) in [5.41, 5.74) is 2.04. The molecule has 0 saturated heterocycles. The fourth-order valence-electron chi connectivity index (χ4n) is 3.38. The van der Waals surface area contributed by atoms with E-state index in [0.717, 1.165) is 17.7 Å². The highest BCUT2D eigenvalue weighted by Crippen LogP contribution is 2.42. The molecule has 2 atom stereocenters. The number of aromatic nitrogens is 4. The van der Waals surface area contributed by atoms with E-state index in [-0.39, 0.29) is 23.3 Å². The summed E-state index contributed by atoms with van der Waals surface area (Å²) in [6, 6.07) is 16.3. The van der Waals surface area contributed by atoms with Crippen molar-refractivity contribution >= 4 is 17.0 Å². The fourth-order valence-corrected chi connectivity index (χ4v) is 3.38. The van der Waals surface area contributed by atoms with Crippen molar-refractivity contribution in [2.75, 3.05) is 5.32 Å². The van der Waals surface area contributed by atoms with Gasteiger partial charge >= 0.3 is 0 Å². The molecule has 0 bridgehead atoms. The SMILES string of the molecule is O=c1[nH]c(N[C@@H]2C[C@H]2c2cccc(F)c2)nc2c1cnn2-c1ccccc1. The predicted octanol–water partition coefficient (Wildman–Crippen LogP) is 3.22. The summed E-state index contributed by atoms with van der Waals surface area (Å²) in [4.78, 5) is 19.7. The van der Waals surface area contributed by atoms with E-state index in [2.05, 4.69) is 20.4 Å². The smallest absolute Gasteiger partial charge is 0.263 e. The summed E-state index contributed by atoms with van der Waals surface area (Å²) in [5.74, 6) is 0.368. The molecule has 1 aliphatic rings. The second-order valence-corrected chi connectivity index (χ2v) is 6.69. The Hall–Kier alpha value is -3.48. The lowest BCUT2D eigenvalue weighted by molar-refractivity contribution is 0.625. The van der Waals surface area contributed by atoms with Crippen molar-refractivity contribution in [1.82, 2.24) is 19.7 Å². The van der Waals surface area contributed by atoms with Gasteiger partial charge in [-0.05, 0) is 36.2 Å². The molecule has 1 aliphatic carbocycles. The standard InChI is InChI=1S/C20H16FN5O/c21-13-6-4-5-12(9-13)15-10-17(15)23-20-24-18-16(19(27)25-20)11-22-26(18)14-7-2-1-3-8-14/h1-9,11,15,17H,10H2,(H2,23,24,25,27)/t15-,17+/m0/s1. The van der Waals surface area contributed by atoms with Gasteiger partial charge in [0.15, 0.2) is 5.65 Å². The van der Waals surface area contributed by atoms with Gasteiger partial charge in [0.2, 0.25) is 5.95 Å². The molecule has 2 aromatic heterocycles. The Bertz CT molecular complexity index is 1180. The zero-order valence-corrected chi connectivity index (χ0v) is 14.3. The molecule has 2 aromatic carbocycles. The van der Waals surface area contributed by atoms with Crippen LogP contribution in [0.15, 0.2) is 65.6 Å². The van der Waals surface area contributed by atoms with E-state index in [1.807, 2.05) is 36.4 Å². The third-order valence-electron chi connectivity index (χ3n) is 4.83. The van der Waals surface area contributed by atoms with Crippen molar-refractivity contribution in [2.45, 2.75) is 18.4 Å². The quantitative estimate of drug-likeness (QED) is 0.585. The van der Waals surface area contributed by atoms with Crippen LogP contribution in [-0.4, -0.2) is 25.8 Å². The average molecular weight is 361 g/mol. The predicted molar refractivity (Wildman–Crippen MR) is 101 cm³/mol. The van der Waals surface area contributed by atoms with Gasteiger partial charge < -0.3 is 5.32 Å². The molecule has 27 heavy (non-hydrogen) atoms. The van der Waals surface area contributed by atoms with Gasteiger partial charge in [-0.15, -0.1) is 0 Å². The van der Waals surface area contributed by atoms with E-state index in [4.69, 9.17) is 0 Å². The summed E-state index contributed by atoms with van der Waals surface area (Å²) in [7, 11) is 0. The molecule has 2 N–H and O–H groups in total. The lowest BCUT2D eigenvalue weighted by atomic mass is 10.1. The first-order chi connectivity index (χ1) is 13.2. The maximum atomic E-state index is 13.4. The zero-order chi connectivity index (χ0) is 18.4. The number of aromatic amines is 1. The molecule has 0 radical (unpaired) electrons.